The Hall–Kier alpha value is -0.926. The summed E-state index contributed by atoms with van der Waals surface area (Å²) in [6.45, 7) is 26.6. The van der Waals surface area contributed by atoms with Gasteiger partial charge in [0.2, 0.25) is 0 Å². The number of ether oxygens (including phenoxy) is 2. The molecule has 0 aliphatic heterocycles. The summed E-state index contributed by atoms with van der Waals surface area (Å²) in [7, 11) is -2.14. The van der Waals surface area contributed by atoms with Crippen LogP contribution in [-0.2, 0) is 20.2 Å². The van der Waals surface area contributed by atoms with Gasteiger partial charge in [0.15, 0.2) is 16.6 Å². The molecule has 4 nitrogen and oxygen atoms in total. The minimum absolute atomic E-state index is 0.0182. The highest BCUT2D eigenvalue weighted by molar-refractivity contribution is 6.74. The van der Waals surface area contributed by atoms with E-state index in [1.54, 1.807) is 7.11 Å². The van der Waals surface area contributed by atoms with Crippen LogP contribution in [0.5, 0.6) is 5.75 Å². The molecule has 0 radical (unpaired) electrons. The molecule has 3 atom stereocenters. The second-order valence-electron chi connectivity index (χ2n) is 12.9. The Morgan fingerprint density at radius 2 is 1.44 bits per heavy atom. The third-order valence-electron chi connectivity index (χ3n) is 8.27. The molecule has 2 rings (SSSR count). The highest BCUT2D eigenvalue weighted by Crippen LogP contribution is 2.42. The molecule has 194 valence electrons. The van der Waals surface area contributed by atoms with Gasteiger partial charge in [0.25, 0.3) is 0 Å². The van der Waals surface area contributed by atoms with Crippen LogP contribution in [-0.4, -0.2) is 42.6 Å². The van der Waals surface area contributed by atoms with E-state index < -0.39 is 16.6 Å². The van der Waals surface area contributed by atoms with Crippen LogP contribution in [0.25, 0.3) is 0 Å². The lowest BCUT2D eigenvalue weighted by Crippen LogP contribution is -2.52. The van der Waals surface area contributed by atoms with Crippen LogP contribution in [0.1, 0.15) is 60.5 Å². The summed E-state index contributed by atoms with van der Waals surface area (Å²) in [4.78, 5) is 0. The zero-order valence-electron chi connectivity index (χ0n) is 23.9. The first-order chi connectivity index (χ1) is 15.5. The summed E-state index contributed by atoms with van der Waals surface area (Å²) in [5.74, 6) is 1.03. The Balaban J connectivity index is 2.28. The summed E-state index contributed by atoms with van der Waals surface area (Å²) in [5, 5.41) is 0.329. The van der Waals surface area contributed by atoms with E-state index in [2.05, 4.69) is 92.9 Å². The first kappa shape index (κ1) is 29.3. The molecule has 34 heavy (non-hydrogen) atoms. The standard InChI is InChI=1S/C28H50O4Si2/c1-21-13-18-25(32-34(11,12)28(5,6)7)24(20-31-33(9,10)27(2,3)4)26(21)30-19-22-14-16-23(29-8)17-15-22/h13-17,24-26H,18-20H2,1-12H3/t24-,25+,26+/m1/s1. The van der Waals surface area contributed by atoms with Gasteiger partial charge >= 0.3 is 0 Å². The van der Waals surface area contributed by atoms with Gasteiger partial charge in [-0.3, -0.25) is 0 Å². The largest absolute Gasteiger partial charge is 0.497 e. The summed E-state index contributed by atoms with van der Waals surface area (Å²) in [5.41, 5.74) is 2.43. The molecule has 1 aromatic carbocycles. The monoisotopic (exact) mass is 506 g/mol. The second kappa shape index (κ2) is 11.0. The third-order valence-corrected chi connectivity index (χ3v) is 17.3. The Morgan fingerprint density at radius 3 is 1.94 bits per heavy atom. The molecular formula is C28H50O4Si2. The molecule has 1 aliphatic carbocycles. The third kappa shape index (κ3) is 7.29. The Bertz CT molecular complexity index is 816. The highest BCUT2D eigenvalue weighted by Gasteiger charge is 2.45. The van der Waals surface area contributed by atoms with Crippen LogP contribution < -0.4 is 4.74 Å². The zero-order chi connectivity index (χ0) is 25.9. The van der Waals surface area contributed by atoms with Crippen LogP contribution in [0.4, 0.5) is 0 Å². The van der Waals surface area contributed by atoms with E-state index in [0.29, 0.717) is 13.2 Å². The molecule has 0 heterocycles. The second-order valence-corrected chi connectivity index (χ2v) is 22.5. The van der Waals surface area contributed by atoms with Crippen LogP contribution in [0, 0.1) is 5.92 Å². The molecule has 0 aromatic heterocycles. The molecule has 0 N–H and O–H groups in total. The van der Waals surface area contributed by atoms with Gasteiger partial charge in [-0.1, -0.05) is 59.8 Å². The van der Waals surface area contributed by atoms with Crippen molar-refractivity contribution >= 4 is 16.6 Å². The number of hydrogen-bond acceptors (Lipinski definition) is 4. The van der Waals surface area contributed by atoms with E-state index in [1.807, 2.05) is 12.1 Å². The Morgan fingerprint density at radius 1 is 0.882 bits per heavy atom. The van der Waals surface area contributed by atoms with Crippen molar-refractivity contribution < 1.29 is 18.3 Å². The maximum Gasteiger partial charge on any atom is 0.192 e. The molecule has 0 saturated heterocycles. The molecule has 0 amide bonds. The van der Waals surface area contributed by atoms with Gasteiger partial charge in [0.05, 0.1) is 25.9 Å². The summed E-state index contributed by atoms with van der Waals surface area (Å²) < 4.78 is 25.7. The molecule has 0 fully saturated rings. The van der Waals surface area contributed by atoms with Crippen molar-refractivity contribution in [1.82, 2.24) is 0 Å². The van der Waals surface area contributed by atoms with E-state index >= 15 is 0 Å². The fourth-order valence-electron chi connectivity index (χ4n) is 3.69. The molecule has 0 bridgehead atoms. The van der Waals surface area contributed by atoms with E-state index in [1.165, 1.54) is 5.57 Å². The van der Waals surface area contributed by atoms with Crippen LogP contribution in [0.3, 0.4) is 0 Å². The quantitative estimate of drug-likeness (QED) is 0.251. The van der Waals surface area contributed by atoms with Crippen molar-refractivity contribution in [1.29, 1.82) is 0 Å². The summed E-state index contributed by atoms with van der Waals surface area (Å²) in [6.07, 6.45) is 3.33. The van der Waals surface area contributed by atoms with Gasteiger partial charge in [-0.25, -0.2) is 0 Å². The Labute approximate surface area is 211 Å². The average Bonchev–Trinajstić information content (AvgIpc) is 2.71. The summed E-state index contributed by atoms with van der Waals surface area (Å²) in [6, 6.07) is 8.13. The van der Waals surface area contributed by atoms with Crippen molar-refractivity contribution in [2.45, 2.75) is 110 Å². The molecule has 0 saturated carbocycles. The van der Waals surface area contributed by atoms with Crippen molar-refractivity contribution in [3.05, 3.63) is 41.5 Å². The van der Waals surface area contributed by atoms with Gasteiger partial charge in [0.1, 0.15) is 5.75 Å². The SMILES string of the molecule is COc1ccc(CO[C@H]2C(C)=CC[C@H](O[Si](C)(C)C(C)(C)C)[C@H]2CO[Si](C)(C)C(C)(C)C)cc1. The predicted molar refractivity (Wildman–Crippen MR) is 149 cm³/mol. The maximum atomic E-state index is 7.00. The Kier molecular flexibility index (Phi) is 9.48. The van der Waals surface area contributed by atoms with E-state index in [0.717, 1.165) is 17.7 Å². The molecule has 1 aromatic rings. The number of hydrogen-bond donors (Lipinski definition) is 0. The average molecular weight is 507 g/mol. The molecule has 6 heteroatoms. The normalized spacial score (nSPS) is 22.5. The van der Waals surface area contributed by atoms with Gasteiger partial charge in [0, 0.05) is 12.5 Å². The van der Waals surface area contributed by atoms with E-state index in [-0.39, 0.29) is 28.2 Å². The topological polar surface area (TPSA) is 36.9 Å². The summed E-state index contributed by atoms with van der Waals surface area (Å²) >= 11 is 0. The first-order valence-corrected chi connectivity index (χ1v) is 18.5. The molecule has 1 aliphatic rings. The lowest BCUT2D eigenvalue weighted by molar-refractivity contribution is -0.0451. The number of methoxy groups -OCH3 is 1. The van der Waals surface area contributed by atoms with Crippen LogP contribution >= 0.6 is 0 Å². The predicted octanol–water partition coefficient (Wildman–Crippen LogP) is 7.96. The highest BCUT2D eigenvalue weighted by atomic mass is 28.4. The smallest absolute Gasteiger partial charge is 0.192 e. The molecular weight excluding hydrogens is 456 g/mol. The van der Waals surface area contributed by atoms with Crippen molar-refractivity contribution in [3.8, 4) is 5.75 Å². The van der Waals surface area contributed by atoms with Crippen molar-refractivity contribution in [3.63, 3.8) is 0 Å². The van der Waals surface area contributed by atoms with Gasteiger partial charge in [-0.05, 0) is 72.9 Å². The van der Waals surface area contributed by atoms with Crippen LogP contribution in [0.15, 0.2) is 35.9 Å². The number of rotatable bonds is 9. The molecule has 0 unspecified atom stereocenters. The van der Waals surface area contributed by atoms with E-state index in [9.17, 15) is 0 Å². The van der Waals surface area contributed by atoms with Gasteiger partial charge in [-0.15, -0.1) is 0 Å². The van der Waals surface area contributed by atoms with Crippen LogP contribution in [0.2, 0.25) is 36.3 Å². The van der Waals surface area contributed by atoms with Gasteiger partial charge < -0.3 is 18.3 Å². The number of benzene rings is 1. The lowest BCUT2D eigenvalue weighted by Gasteiger charge is -2.46. The van der Waals surface area contributed by atoms with E-state index in [4.69, 9.17) is 18.3 Å². The van der Waals surface area contributed by atoms with Crippen molar-refractivity contribution in [2.75, 3.05) is 13.7 Å². The maximum absolute atomic E-state index is 7.00. The minimum Gasteiger partial charge on any atom is -0.497 e. The van der Waals surface area contributed by atoms with Gasteiger partial charge in [-0.2, -0.15) is 0 Å². The minimum atomic E-state index is -1.94. The lowest BCUT2D eigenvalue weighted by atomic mass is 9.84. The fourth-order valence-corrected chi connectivity index (χ4v) is 6.12. The van der Waals surface area contributed by atoms with Crippen molar-refractivity contribution in [2.24, 2.45) is 5.92 Å². The molecule has 0 spiro atoms. The first-order valence-electron chi connectivity index (χ1n) is 12.7. The fraction of sp³-hybridized carbons (Fsp3) is 0.714. The zero-order valence-corrected chi connectivity index (χ0v) is 25.9.